The smallest absolute Gasteiger partial charge is 0.418 e. The number of carboxylic acid groups (broad SMARTS) is 1. The molecule has 4 nitrogen and oxygen atoms in total. The molecular weight excluding hydrogens is 188 g/mol. The summed E-state index contributed by atoms with van der Waals surface area (Å²) in [7, 11) is 0. The molecule has 0 radical (unpaired) electrons. The van der Waals surface area contributed by atoms with Crippen LogP contribution >= 0.6 is 12.2 Å². The summed E-state index contributed by atoms with van der Waals surface area (Å²) in [5.74, 6) is 0. The third-order valence-corrected chi connectivity index (χ3v) is 2.07. The zero-order valence-corrected chi connectivity index (χ0v) is 7.34. The molecule has 2 aromatic rings. The number of carbonyl (C=O) groups is 1. The molecule has 0 saturated heterocycles. The van der Waals surface area contributed by atoms with Gasteiger partial charge in [0.15, 0.2) is 4.77 Å². The van der Waals surface area contributed by atoms with Crippen molar-refractivity contribution in [2.24, 2.45) is 0 Å². The van der Waals surface area contributed by atoms with Crippen molar-refractivity contribution in [3.05, 3.63) is 29.0 Å². The number of para-hydroxylation sites is 2. The number of hydrogen-bond donors (Lipinski definition) is 2. The molecule has 66 valence electrons. The quantitative estimate of drug-likeness (QED) is 0.632. The van der Waals surface area contributed by atoms with Crippen LogP contribution in [0.3, 0.4) is 0 Å². The Hall–Kier alpha value is -1.62. The summed E-state index contributed by atoms with van der Waals surface area (Å²) in [4.78, 5) is 13.6. The SMILES string of the molecule is O=C(O)n1c(=S)[nH]c2ccccc21. The average Bonchev–Trinajstić information content (AvgIpc) is 2.39. The van der Waals surface area contributed by atoms with E-state index in [0.717, 1.165) is 10.1 Å². The van der Waals surface area contributed by atoms with Crippen molar-refractivity contribution in [2.45, 2.75) is 0 Å². The summed E-state index contributed by atoms with van der Waals surface area (Å²) >= 11 is 4.86. The molecule has 2 rings (SSSR count). The highest BCUT2D eigenvalue weighted by molar-refractivity contribution is 7.71. The van der Waals surface area contributed by atoms with Gasteiger partial charge in [0.05, 0.1) is 11.0 Å². The van der Waals surface area contributed by atoms with Gasteiger partial charge in [-0.3, -0.25) is 0 Å². The molecule has 0 saturated carbocycles. The number of nitrogens with zero attached hydrogens (tertiary/aromatic N) is 1. The van der Waals surface area contributed by atoms with Gasteiger partial charge in [0.25, 0.3) is 0 Å². The molecule has 0 bridgehead atoms. The van der Waals surface area contributed by atoms with Crippen LogP contribution in [0.4, 0.5) is 4.79 Å². The van der Waals surface area contributed by atoms with E-state index in [1.54, 1.807) is 18.2 Å². The molecule has 0 fully saturated rings. The van der Waals surface area contributed by atoms with Gasteiger partial charge in [0.2, 0.25) is 0 Å². The number of benzene rings is 1. The highest BCUT2D eigenvalue weighted by Crippen LogP contribution is 2.12. The molecule has 0 atom stereocenters. The number of aromatic amines is 1. The van der Waals surface area contributed by atoms with Gasteiger partial charge in [-0.2, -0.15) is 0 Å². The maximum atomic E-state index is 10.8. The Morgan fingerprint density at radius 1 is 1.46 bits per heavy atom. The molecule has 1 aromatic heterocycles. The molecule has 0 unspecified atom stereocenters. The Labute approximate surface area is 78.4 Å². The van der Waals surface area contributed by atoms with Crippen molar-refractivity contribution in [3.8, 4) is 0 Å². The summed E-state index contributed by atoms with van der Waals surface area (Å²) in [5.41, 5.74) is 1.31. The standard InChI is InChI=1S/C8H6N2O2S/c11-8(12)10-6-4-2-1-3-5(6)9-7(10)13/h1-4H,(H,9,13)(H,11,12). The van der Waals surface area contributed by atoms with E-state index in [2.05, 4.69) is 4.98 Å². The van der Waals surface area contributed by atoms with Gasteiger partial charge in [0.1, 0.15) is 0 Å². The van der Waals surface area contributed by atoms with Crippen molar-refractivity contribution in [1.82, 2.24) is 9.55 Å². The van der Waals surface area contributed by atoms with Crippen LogP contribution in [0.25, 0.3) is 11.0 Å². The second kappa shape index (κ2) is 2.70. The van der Waals surface area contributed by atoms with E-state index in [1.165, 1.54) is 0 Å². The van der Waals surface area contributed by atoms with Crippen LogP contribution < -0.4 is 0 Å². The first-order chi connectivity index (χ1) is 6.20. The van der Waals surface area contributed by atoms with Gasteiger partial charge in [-0.15, -0.1) is 0 Å². The summed E-state index contributed by atoms with van der Waals surface area (Å²) < 4.78 is 1.25. The summed E-state index contributed by atoms with van der Waals surface area (Å²) in [6, 6.07) is 7.07. The molecule has 0 aliphatic carbocycles. The fourth-order valence-electron chi connectivity index (χ4n) is 1.24. The Morgan fingerprint density at radius 3 is 2.85 bits per heavy atom. The largest absolute Gasteiger partial charge is 0.464 e. The van der Waals surface area contributed by atoms with Crippen LogP contribution in [0.1, 0.15) is 0 Å². The van der Waals surface area contributed by atoms with E-state index >= 15 is 0 Å². The van der Waals surface area contributed by atoms with Crippen molar-refractivity contribution >= 4 is 29.3 Å². The third-order valence-electron chi connectivity index (χ3n) is 1.78. The predicted molar refractivity (Wildman–Crippen MR) is 50.5 cm³/mol. The first-order valence-electron chi connectivity index (χ1n) is 3.63. The lowest BCUT2D eigenvalue weighted by atomic mass is 10.3. The minimum Gasteiger partial charge on any atom is -0.464 e. The minimum absolute atomic E-state index is 0.203. The van der Waals surface area contributed by atoms with Crippen molar-refractivity contribution in [1.29, 1.82) is 0 Å². The van der Waals surface area contributed by atoms with Crippen molar-refractivity contribution in [3.63, 3.8) is 0 Å². The van der Waals surface area contributed by atoms with Crippen molar-refractivity contribution < 1.29 is 9.90 Å². The number of imidazole rings is 1. The van der Waals surface area contributed by atoms with E-state index in [-0.39, 0.29) is 4.77 Å². The van der Waals surface area contributed by atoms with E-state index in [4.69, 9.17) is 17.3 Å². The summed E-state index contributed by atoms with van der Waals surface area (Å²) in [6.07, 6.45) is -1.07. The summed E-state index contributed by atoms with van der Waals surface area (Å²) in [6.45, 7) is 0. The van der Waals surface area contributed by atoms with Crippen LogP contribution in [-0.4, -0.2) is 20.8 Å². The maximum Gasteiger partial charge on any atom is 0.418 e. The molecule has 5 heteroatoms. The molecular formula is C8H6N2O2S. The monoisotopic (exact) mass is 194 g/mol. The van der Waals surface area contributed by atoms with Crippen LogP contribution in [-0.2, 0) is 0 Å². The molecule has 1 aromatic carbocycles. The van der Waals surface area contributed by atoms with Gasteiger partial charge < -0.3 is 10.1 Å². The normalized spacial score (nSPS) is 10.5. The van der Waals surface area contributed by atoms with Gasteiger partial charge in [-0.05, 0) is 24.4 Å². The van der Waals surface area contributed by atoms with Gasteiger partial charge in [-0.1, -0.05) is 12.1 Å². The molecule has 0 aliphatic rings. The first kappa shape index (κ1) is 8.00. The fourth-order valence-corrected chi connectivity index (χ4v) is 1.53. The lowest BCUT2D eigenvalue weighted by Gasteiger charge is -1.93. The van der Waals surface area contributed by atoms with Crippen LogP contribution in [0.15, 0.2) is 24.3 Å². The van der Waals surface area contributed by atoms with Crippen LogP contribution in [0.5, 0.6) is 0 Å². The highest BCUT2D eigenvalue weighted by Gasteiger charge is 2.08. The molecule has 1 heterocycles. The van der Waals surface area contributed by atoms with E-state index in [0.29, 0.717) is 5.52 Å². The number of hydrogen-bond acceptors (Lipinski definition) is 2. The van der Waals surface area contributed by atoms with Crippen molar-refractivity contribution in [2.75, 3.05) is 0 Å². The van der Waals surface area contributed by atoms with E-state index in [9.17, 15) is 4.79 Å². The Balaban J connectivity index is 2.95. The minimum atomic E-state index is -1.07. The zero-order chi connectivity index (χ0) is 9.42. The number of nitrogens with one attached hydrogen (secondary N) is 1. The predicted octanol–water partition coefficient (Wildman–Crippen LogP) is 2.22. The number of aromatic nitrogens is 2. The van der Waals surface area contributed by atoms with Gasteiger partial charge >= 0.3 is 6.09 Å². The highest BCUT2D eigenvalue weighted by atomic mass is 32.1. The Bertz CT molecular complexity index is 526. The lowest BCUT2D eigenvalue weighted by Crippen LogP contribution is -2.07. The molecule has 13 heavy (non-hydrogen) atoms. The maximum absolute atomic E-state index is 10.8. The second-order valence-corrected chi connectivity index (χ2v) is 2.95. The molecule has 0 spiro atoms. The summed E-state index contributed by atoms with van der Waals surface area (Å²) in [5, 5.41) is 8.83. The Morgan fingerprint density at radius 2 is 2.15 bits per heavy atom. The first-order valence-corrected chi connectivity index (χ1v) is 4.04. The molecule has 0 amide bonds. The number of fused-ring (bicyclic) bond motifs is 1. The third kappa shape index (κ3) is 1.13. The number of H-pyrrole nitrogens is 1. The Kier molecular flexibility index (Phi) is 1.66. The topological polar surface area (TPSA) is 58.0 Å². The molecule has 0 aliphatic heterocycles. The zero-order valence-electron chi connectivity index (χ0n) is 6.52. The van der Waals surface area contributed by atoms with Gasteiger partial charge in [-0.25, -0.2) is 9.36 Å². The number of rotatable bonds is 0. The van der Waals surface area contributed by atoms with Gasteiger partial charge in [0, 0.05) is 0 Å². The van der Waals surface area contributed by atoms with Crippen LogP contribution in [0.2, 0.25) is 0 Å². The molecule has 2 N–H and O–H groups in total. The van der Waals surface area contributed by atoms with Crippen LogP contribution in [0, 0.1) is 4.77 Å². The second-order valence-electron chi connectivity index (χ2n) is 2.57. The lowest BCUT2D eigenvalue weighted by molar-refractivity contribution is 0.197. The van der Waals surface area contributed by atoms with E-state index < -0.39 is 6.09 Å². The van der Waals surface area contributed by atoms with E-state index in [1.807, 2.05) is 6.07 Å². The average molecular weight is 194 g/mol. The fraction of sp³-hybridized carbons (Fsp3) is 0.